The van der Waals surface area contributed by atoms with Gasteiger partial charge in [-0.3, -0.25) is 9.59 Å². The van der Waals surface area contributed by atoms with Crippen LogP contribution in [0, 0.1) is 18.3 Å². The Morgan fingerprint density at radius 3 is 2.67 bits per heavy atom. The first kappa shape index (κ1) is 21.6. The van der Waals surface area contributed by atoms with Crippen LogP contribution in [-0.2, 0) is 11.3 Å². The quantitative estimate of drug-likeness (QED) is 0.536. The maximum absolute atomic E-state index is 12.6. The van der Waals surface area contributed by atoms with Crippen LogP contribution < -0.4 is 10.6 Å². The van der Waals surface area contributed by atoms with Gasteiger partial charge < -0.3 is 10.6 Å². The highest BCUT2D eigenvalue weighted by atomic mass is 32.2. The van der Waals surface area contributed by atoms with Crippen molar-refractivity contribution in [1.82, 2.24) is 10.3 Å². The number of thioether (sulfide) groups is 1. The van der Waals surface area contributed by atoms with Gasteiger partial charge in [-0.2, -0.15) is 5.26 Å². The minimum Gasteiger partial charge on any atom is -0.350 e. The molecule has 2 amide bonds. The molecule has 1 unspecified atom stereocenters. The molecule has 0 bridgehead atoms. The summed E-state index contributed by atoms with van der Waals surface area (Å²) in [6.45, 7) is 3.95. The minimum absolute atomic E-state index is 0.136. The lowest BCUT2D eigenvalue weighted by Gasteiger charge is -2.14. The summed E-state index contributed by atoms with van der Waals surface area (Å²) in [6, 6.07) is 16.6. The van der Waals surface area contributed by atoms with Crippen LogP contribution in [0.25, 0.3) is 0 Å². The van der Waals surface area contributed by atoms with Crippen molar-refractivity contribution in [1.29, 1.82) is 5.26 Å². The van der Waals surface area contributed by atoms with E-state index in [1.165, 1.54) is 17.8 Å². The molecule has 0 saturated carbocycles. The topological polar surface area (TPSA) is 94.9 Å². The maximum Gasteiger partial charge on any atom is 0.257 e. The van der Waals surface area contributed by atoms with Gasteiger partial charge in [0.1, 0.15) is 11.1 Å². The highest BCUT2D eigenvalue weighted by molar-refractivity contribution is 8.00. The number of anilines is 1. The van der Waals surface area contributed by atoms with Crippen LogP contribution >= 0.6 is 23.1 Å². The lowest BCUT2D eigenvalue weighted by Crippen LogP contribution is -2.30. The number of carbonyl (C=O) groups is 2. The van der Waals surface area contributed by atoms with Gasteiger partial charge in [0.15, 0.2) is 0 Å². The van der Waals surface area contributed by atoms with E-state index in [4.69, 9.17) is 0 Å². The molecule has 0 spiro atoms. The molecule has 0 aliphatic rings. The zero-order valence-electron chi connectivity index (χ0n) is 16.5. The summed E-state index contributed by atoms with van der Waals surface area (Å²) in [4.78, 5) is 30.5. The molecule has 2 heterocycles. The second kappa shape index (κ2) is 10.1. The molecule has 0 saturated heterocycles. The van der Waals surface area contributed by atoms with Crippen molar-refractivity contribution in [3.63, 3.8) is 0 Å². The normalized spacial score (nSPS) is 11.4. The van der Waals surface area contributed by atoms with Gasteiger partial charge >= 0.3 is 0 Å². The molecule has 30 heavy (non-hydrogen) atoms. The van der Waals surface area contributed by atoms with Crippen LogP contribution in [0.15, 0.2) is 58.9 Å². The van der Waals surface area contributed by atoms with Crippen LogP contribution in [0.4, 0.5) is 5.69 Å². The van der Waals surface area contributed by atoms with E-state index < -0.39 is 5.25 Å². The van der Waals surface area contributed by atoms with E-state index in [-0.39, 0.29) is 17.4 Å². The lowest BCUT2D eigenvalue weighted by atomic mass is 10.1. The molecule has 0 fully saturated rings. The number of hydrogen-bond donors (Lipinski definition) is 2. The number of para-hydroxylation sites is 1. The Bertz CT molecular complexity index is 1080. The Balaban J connectivity index is 1.71. The average molecular weight is 437 g/mol. The first-order valence-electron chi connectivity index (χ1n) is 9.23. The largest absolute Gasteiger partial charge is 0.350 e. The number of thiophene rings is 1. The molecule has 152 valence electrons. The predicted octanol–water partition coefficient (Wildman–Crippen LogP) is 4.37. The Hall–Kier alpha value is -3.15. The summed E-state index contributed by atoms with van der Waals surface area (Å²) in [5.41, 5.74) is 1.75. The second-order valence-electron chi connectivity index (χ2n) is 6.46. The second-order valence-corrected chi connectivity index (χ2v) is 8.83. The van der Waals surface area contributed by atoms with E-state index in [0.717, 1.165) is 4.88 Å². The van der Waals surface area contributed by atoms with E-state index in [9.17, 15) is 14.9 Å². The molecule has 2 aromatic heterocycles. The van der Waals surface area contributed by atoms with Crippen molar-refractivity contribution in [3.05, 3.63) is 75.6 Å². The maximum atomic E-state index is 12.6. The number of aromatic nitrogens is 1. The van der Waals surface area contributed by atoms with Crippen molar-refractivity contribution in [2.24, 2.45) is 0 Å². The highest BCUT2D eigenvalue weighted by Crippen LogP contribution is 2.27. The molecular formula is C22H20N4O2S2. The summed E-state index contributed by atoms with van der Waals surface area (Å²) < 4.78 is 0. The van der Waals surface area contributed by atoms with Gasteiger partial charge in [-0.25, -0.2) is 4.98 Å². The summed E-state index contributed by atoms with van der Waals surface area (Å²) in [5.74, 6) is -0.469. The Kier molecular flexibility index (Phi) is 7.22. The van der Waals surface area contributed by atoms with E-state index in [0.29, 0.717) is 28.5 Å². The fourth-order valence-electron chi connectivity index (χ4n) is 2.66. The fourth-order valence-corrected chi connectivity index (χ4v) is 4.25. The molecular weight excluding hydrogens is 416 g/mol. The number of nitrogens with one attached hydrogen (secondary N) is 2. The van der Waals surface area contributed by atoms with Crippen LogP contribution in [0.5, 0.6) is 0 Å². The van der Waals surface area contributed by atoms with Gasteiger partial charge in [-0.1, -0.05) is 36.0 Å². The van der Waals surface area contributed by atoms with Crippen molar-refractivity contribution in [2.75, 3.05) is 5.32 Å². The zero-order chi connectivity index (χ0) is 21.5. The van der Waals surface area contributed by atoms with E-state index in [1.807, 2.05) is 35.7 Å². The van der Waals surface area contributed by atoms with Crippen molar-refractivity contribution < 1.29 is 9.59 Å². The number of benzene rings is 1. The molecule has 8 heteroatoms. The predicted molar refractivity (Wildman–Crippen MR) is 120 cm³/mol. The SMILES string of the molecule is Cc1nc(SC(C)C(=O)NCc2cccs2)c(C#N)cc1C(=O)Nc1ccccc1. The molecule has 6 nitrogen and oxygen atoms in total. The number of amides is 2. The van der Waals surface area contributed by atoms with Crippen LogP contribution in [0.2, 0.25) is 0 Å². The molecule has 0 radical (unpaired) electrons. The van der Waals surface area contributed by atoms with E-state index in [1.54, 1.807) is 37.3 Å². The molecule has 0 aliphatic heterocycles. The Morgan fingerprint density at radius 2 is 2.00 bits per heavy atom. The smallest absolute Gasteiger partial charge is 0.257 e. The fraction of sp³-hybridized carbons (Fsp3) is 0.182. The Morgan fingerprint density at radius 1 is 1.23 bits per heavy atom. The van der Waals surface area contributed by atoms with Crippen molar-refractivity contribution in [2.45, 2.75) is 30.7 Å². The van der Waals surface area contributed by atoms with Gasteiger partial charge in [0, 0.05) is 10.6 Å². The van der Waals surface area contributed by atoms with Crippen LogP contribution in [0.1, 0.15) is 33.4 Å². The van der Waals surface area contributed by atoms with E-state index >= 15 is 0 Å². The van der Waals surface area contributed by atoms with Gasteiger partial charge in [0.25, 0.3) is 5.91 Å². The zero-order valence-corrected chi connectivity index (χ0v) is 18.1. The number of carbonyl (C=O) groups excluding carboxylic acids is 2. The average Bonchev–Trinajstić information content (AvgIpc) is 3.26. The summed E-state index contributed by atoms with van der Waals surface area (Å²) in [7, 11) is 0. The first-order valence-corrected chi connectivity index (χ1v) is 11.0. The molecule has 3 aromatic rings. The van der Waals surface area contributed by atoms with Crippen LogP contribution in [0.3, 0.4) is 0 Å². The first-order chi connectivity index (χ1) is 14.5. The van der Waals surface area contributed by atoms with Gasteiger partial charge in [0.05, 0.1) is 28.6 Å². The number of pyridine rings is 1. The molecule has 1 aromatic carbocycles. The van der Waals surface area contributed by atoms with Gasteiger partial charge in [-0.05, 0) is 43.5 Å². The molecule has 2 N–H and O–H groups in total. The minimum atomic E-state index is -0.437. The van der Waals surface area contributed by atoms with Crippen LogP contribution in [-0.4, -0.2) is 22.0 Å². The van der Waals surface area contributed by atoms with E-state index in [2.05, 4.69) is 21.7 Å². The number of hydrogen-bond acceptors (Lipinski definition) is 6. The van der Waals surface area contributed by atoms with Gasteiger partial charge in [-0.15, -0.1) is 11.3 Å². The van der Waals surface area contributed by atoms with Gasteiger partial charge in [0.2, 0.25) is 5.91 Å². The monoisotopic (exact) mass is 436 g/mol. The number of nitrogens with zero attached hydrogens (tertiary/aromatic N) is 2. The third kappa shape index (κ3) is 5.47. The molecule has 0 aliphatic carbocycles. The summed E-state index contributed by atoms with van der Waals surface area (Å²) in [6.07, 6.45) is 0. The Labute approximate surface area is 183 Å². The van der Waals surface area contributed by atoms with Crippen molar-refractivity contribution in [3.8, 4) is 6.07 Å². The van der Waals surface area contributed by atoms with Crippen molar-refractivity contribution >= 4 is 40.6 Å². The molecule has 1 atom stereocenters. The third-order valence-corrected chi connectivity index (χ3v) is 6.23. The lowest BCUT2D eigenvalue weighted by molar-refractivity contribution is -0.120. The summed E-state index contributed by atoms with van der Waals surface area (Å²) in [5, 5.41) is 17.2. The third-order valence-electron chi connectivity index (χ3n) is 4.25. The molecule has 3 rings (SSSR count). The number of nitriles is 1. The number of rotatable bonds is 7. The standard InChI is InChI=1S/C22H20N4O2S2/c1-14-19(21(28)26-17-7-4-3-5-8-17)11-16(12-23)22(25-14)30-15(2)20(27)24-13-18-9-6-10-29-18/h3-11,15H,13H2,1-2H3,(H,24,27)(H,26,28). The summed E-state index contributed by atoms with van der Waals surface area (Å²) >= 11 is 2.78. The highest BCUT2D eigenvalue weighted by Gasteiger charge is 2.20. The number of aryl methyl sites for hydroxylation is 1.